The summed E-state index contributed by atoms with van der Waals surface area (Å²) in [6, 6.07) is 7.81. The Labute approximate surface area is 114 Å². The Morgan fingerprint density at radius 3 is 2.20 bits per heavy atom. The van der Waals surface area contributed by atoms with Gasteiger partial charge in [-0.1, -0.05) is 18.2 Å². The van der Waals surface area contributed by atoms with Gasteiger partial charge in [0.15, 0.2) is 6.29 Å². The van der Waals surface area contributed by atoms with Crippen LogP contribution in [0.3, 0.4) is 0 Å². The molecule has 0 spiro atoms. The van der Waals surface area contributed by atoms with E-state index in [1.807, 2.05) is 32.0 Å². The first-order valence-electron chi connectivity index (χ1n) is 5.94. The summed E-state index contributed by atoms with van der Waals surface area (Å²) in [4.78, 5) is 14.1. The van der Waals surface area contributed by atoms with E-state index >= 15 is 0 Å². The quantitative estimate of drug-likeness (QED) is 0.771. The molecule has 1 heterocycles. The molecule has 0 unspecified atom stereocenters. The van der Waals surface area contributed by atoms with Crippen molar-refractivity contribution in [3.63, 3.8) is 0 Å². The number of hydrogen-bond acceptors (Lipinski definition) is 2. The van der Waals surface area contributed by atoms with Gasteiger partial charge in [-0.3, -0.25) is 4.79 Å². The van der Waals surface area contributed by atoms with Gasteiger partial charge in [-0.25, -0.2) is 4.98 Å². The van der Waals surface area contributed by atoms with E-state index in [1.165, 1.54) is 6.07 Å². The minimum Gasteiger partial charge on any atom is -0.296 e. The average molecular weight is 279 g/mol. The average Bonchev–Trinajstić information content (AvgIpc) is 2.37. The molecule has 0 radical (unpaired) electrons. The van der Waals surface area contributed by atoms with E-state index in [0.717, 1.165) is 17.2 Å². The zero-order chi connectivity index (χ0) is 14.9. The molecule has 0 saturated carbocycles. The molecule has 104 valence electrons. The predicted octanol–water partition coefficient (Wildman–Crippen LogP) is 4.20. The monoisotopic (exact) mass is 279 g/mol. The van der Waals surface area contributed by atoms with Gasteiger partial charge < -0.3 is 0 Å². The fraction of sp³-hybridized carbons (Fsp3) is 0.200. The maximum absolute atomic E-state index is 12.8. The molecule has 1 aromatic carbocycles. The van der Waals surface area contributed by atoms with E-state index < -0.39 is 11.9 Å². The normalized spacial score (nSPS) is 11.4. The number of halogens is 3. The summed E-state index contributed by atoms with van der Waals surface area (Å²) in [7, 11) is 0. The molecule has 0 fully saturated rings. The van der Waals surface area contributed by atoms with Crippen molar-refractivity contribution in [2.24, 2.45) is 0 Å². The fourth-order valence-corrected chi connectivity index (χ4v) is 2.17. The van der Waals surface area contributed by atoms with E-state index in [4.69, 9.17) is 0 Å². The van der Waals surface area contributed by atoms with Crippen LogP contribution in [0.1, 0.15) is 27.3 Å². The molecular formula is C15H12F3NO. The van der Waals surface area contributed by atoms with Gasteiger partial charge in [0.1, 0.15) is 11.4 Å². The van der Waals surface area contributed by atoms with Gasteiger partial charge in [0.05, 0.1) is 0 Å². The lowest BCUT2D eigenvalue weighted by molar-refractivity contribution is -0.141. The zero-order valence-electron chi connectivity index (χ0n) is 11.0. The maximum atomic E-state index is 12.8. The number of hydrogen-bond donors (Lipinski definition) is 0. The number of aryl methyl sites for hydroxylation is 2. The summed E-state index contributed by atoms with van der Waals surface area (Å²) in [5.41, 5.74) is 1.47. The van der Waals surface area contributed by atoms with Crippen LogP contribution in [0.25, 0.3) is 11.1 Å². The molecule has 5 heteroatoms. The summed E-state index contributed by atoms with van der Waals surface area (Å²) < 4.78 is 38.5. The molecule has 0 atom stereocenters. The van der Waals surface area contributed by atoms with Crippen molar-refractivity contribution < 1.29 is 18.0 Å². The van der Waals surface area contributed by atoms with Crippen molar-refractivity contribution in [2.45, 2.75) is 20.0 Å². The van der Waals surface area contributed by atoms with Crippen LogP contribution in [0.2, 0.25) is 0 Å². The SMILES string of the molecule is Cc1cccc(C)c1-c1cc(C=O)nc(C(F)(F)F)c1. The molecule has 0 bridgehead atoms. The van der Waals surface area contributed by atoms with Gasteiger partial charge in [0.2, 0.25) is 0 Å². The summed E-state index contributed by atoms with van der Waals surface area (Å²) in [5, 5.41) is 0. The van der Waals surface area contributed by atoms with Crippen molar-refractivity contribution in [1.29, 1.82) is 0 Å². The van der Waals surface area contributed by atoms with E-state index in [9.17, 15) is 18.0 Å². The number of rotatable bonds is 2. The topological polar surface area (TPSA) is 30.0 Å². The van der Waals surface area contributed by atoms with Gasteiger partial charge in [0, 0.05) is 0 Å². The lowest BCUT2D eigenvalue weighted by atomic mass is 9.95. The molecule has 0 amide bonds. The lowest BCUT2D eigenvalue weighted by Crippen LogP contribution is -2.10. The minimum atomic E-state index is -4.58. The first-order valence-corrected chi connectivity index (χ1v) is 5.94. The Balaban J connectivity index is 2.71. The van der Waals surface area contributed by atoms with Gasteiger partial charge in [-0.15, -0.1) is 0 Å². The second-order valence-electron chi connectivity index (χ2n) is 4.55. The van der Waals surface area contributed by atoms with Crippen molar-refractivity contribution in [3.05, 3.63) is 52.8 Å². The molecule has 0 N–H and O–H groups in total. The Bertz CT molecular complexity index is 642. The van der Waals surface area contributed by atoms with E-state index in [1.54, 1.807) is 0 Å². The third-order valence-electron chi connectivity index (χ3n) is 3.03. The number of benzene rings is 1. The highest BCUT2D eigenvalue weighted by Gasteiger charge is 2.33. The summed E-state index contributed by atoms with van der Waals surface area (Å²) in [6.07, 6.45) is -4.25. The molecule has 0 aliphatic heterocycles. The van der Waals surface area contributed by atoms with Crippen LogP contribution in [0.4, 0.5) is 13.2 Å². The molecule has 2 aromatic rings. The third-order valence-corrected chi connectivity index (χ3v) is 3.03. The number of carbonyl (C=O) groups is 1. The maximum Gasteiger partial charge on any atom is 0.433 e. The molecule has 1 aromatic heterocycles. The van der Waals surface area contributed by atoms with E-state index in [0.29, 0.717) is 17.4 Å². The molecule has 0 saturated heterocycles. The predicted molar refractivity (Wildman–Crippen MR) is 69.5 cm³/mol. The van der Waals surface area contributed by atoms with Gasteiger partial charge in [-0.05, 0) is 48.2 Å². The Morgan fingerprint density at radius 1 is 1.10 bits per heavy atom. The molecule has 0 aliphatic carbocycles. The van der Waals surface area contributed by atoms with E-state index in [-0.39, 0.29) is 5.69 Å². The first kappa shape index (κ1) is 14.2. The smallest absolute Gasteiger partial charge is 0.296 e. The number of aromatic nitrogens is 1. The lowest BCUT2D eigenvalue weighted by Gasteiger charge is -2.13. The number of aldehydes is 1. The Kier molecular flexibility index (Phi) is 3.61. The van der Waals surface area contributed by atoms with Gasteiger partial charge in [0.25, 0.3) is 0 Å². The molecule has 2 nitrogen and oxygen atoms in total. The van der Waals surface area contributed by atoms with Crippen molar-refractivity contribution >= 4 is 6.29 Å². The second-order valence-corrected chi connectivity index (χ2v) is 4.55. The standard InChI is InChI=1S/C15H12F3NO/c1-9-4-3-5-10(2)14(9)11-6-12(8-20)19-13(7-11)15(16,17)18/h3-8H,1-2H3. The van der Waals surface area contributed by atoms with Crippen LogP contribution in [0.15, 0.2) is 30.3 Å². The largest absolute Gasteiger partial charge is 0.433 e. The summed E-state index contributed by atoms with van der Waals surface area (Å²) in [6.45, 7) is 3.63. The highest BCUT2D eigenvalue weighted by atomic mass is 19.4. The Hall–Kier alpha value is -2.17. The Morgan fingerprint density at radius 2 is 1.70 bits per heavy atom. The van der Waals surface area contributed by atoms with Crippen LogP contribution >= 0.6 is 0 Å². The van der Waals surface area contributed by atoms with Crippen molar-refractivity contribution in [2.75, 3.05) is 0 Å². The number of carbonyl (C=O) groups excluding carboxylic acids is 1. The van der Waals surface area contributed by atoms with Crippen LogP contribution < -0.4 is 0 Å². The van der Waals surface area contributed by atoms with Crippen LogP contribution in [-0.2, 0) is 6.18 Å². The van der Waals surface area contributed by atoms with Crippen LogP contribution in [-0.4, -0.2) is 11.3 Å². The summed E-state index contributed by atoms with van der Waals surface area (Å²) >= 11 is 0. The van der Waals surface area contributed by atoms with Gasteiger partial charge >= 0.3 is 6.18 Å². The number of nitrogens with zero attached hydrogens (tertiary/aromatic N) is 1. The second kappa shape index (κ2) is 5.07. The molecule has 2 rings (SSSR count). The molecule has 0 aliphatic rings. The third kappa shape index (κ3) is 2.71. The highest BCUT2D eigenvalue weighted by molar-refractivity contribution is 5.78. The number of pyridine rings is 1. The zero-order valence-corrected chi connectivity index (χ0v) is 11.0. The number of alkyl halides is 3. The fourth-order valence-electron chi connectivity index (χ4n) is 2.17. The van der Waals surface area contributed by atoms with Gasteiger partial charge in [-0.2, -0.15) is 13.2 Å². The van der Waals surface area contributed by atoms with Crippen LogP contribution in [0, 0.1) is 13.8 Å². The molecular weight excluding hydrogens is 267 g/mol. The highest BCUT2D eigenvalue weighted by Crippen LogP contribution is 2.33. The van der Waals surface area contributed by atoms with Crippen molar-refractivity contribution in [3.8, 4) is 11.1 Å². The summed E-state index contributed by atoms with van der Waals surface area (Å²) in [5.74, 6) is 0. The van der Waals surface area contributed by atoms with Crippen LogP contribution in [0.5, 0.6) is 0 Å². The first-order chi connectivity index (χ1) is 9.32. The van der Waals surface area contributed by atoms with E-state index in [2.05, 4.69) is 4.98 Å². The van der Waals surface area contributed by atoms with Crippen molar-refractivity contribution in [1.82, 2.24) is 4.98 Å². The molecule has 20 heavy (non-hydrogen) atoms. The minimum absolute atomic E-state index is 0.225.